The van der Waals surface area contributed by atoms with Crippen LogP contribution in [0.5, 0.6) is 0 Å². The monoisotopic (exact) mass is 662 g/mol. The molecule has 11 heteroatoms. The van der Waals surface area contributed by atoms with Crippen LogP contribution >= 0.6 is 55.9 Å². The van der Waals surface area contributed by atoms with Crippen LogP contribution in [0.25, 0.3) is 11.3 Å². The maximum atomic E-state index is 13.7. The van der Waals surface area contributed by atoms with Crippen LogP contribution in [0.4, 0.5) is 11.4 Å². The third-order valence-electron chi connectivity index (χ3n) is 5.78. The number of nitrogens with zero attached hydrogens (tertiary/aromatic N) is 3. The number of hydrogen-bond acceptors (Lipinski definition) is 4. The summed E-state index contributed by atoms with van der Waals surface area (Å²) in [7, 11) is 0. The number of benzene rings is 3. The Bertz CT molecular complexity index is 1490. The first-order valence-electron chi connectivity index (χ1n) is 10.8. The van der Waals surface area contributed by atoms with E-state index in [1.165, 1.54) is 4.90 Å². The van der Waals surface area contributed by atoms with Crippen molar-refractivity contribution >= 4 is 84.8 Å². The van der Waals surface area contributed by atoms with Gasteiger partial charge in [-0.15, -0.1) is 12.4 Å². The number of H-pyrrole nitrogens is 1. The van der Waals surface area contributed by atoms with E-state index in [1.54, 1.807) is 41.7 Å². The van der Waals surface area contributed by atoms with E-state index in [9.17, 15) is 14.4 Å². The lowest BCUT2D eigenvalue weighted by molar-refractivity contribution is -0.120. The lowest BCUT2D eigenvalue weighted by Crippen LogP contribution is -2.42. The van der Waals surface area contributed by atoms with Crippen LogP contribution in [-0.2, 0) is 16.1 Å². The highest BCUT2D eigenvalue weighted by molar-refractivity contribution is 9.11. The van der Waals surface area contributed by atoms with Crippen molar-refractivity contribution < 1.29 is 14.4 Å². The van der Waals surface area contributed by atoms with Gasteiger partial charge in [0.05, 0.1) is 29.8 Å². The fourth-order valence-corrected chi connectivity index (χ4v) is 5.75. The normalized spacial score (nSPS) is 12.4. The second-order valence-electron chi connectivity index (χ2n) is 8.12. The highest BCUT2D eigenvalue weighted by Crippen LogP contribution is 2.38. The fourth-order valence-electron chi connectivity index (χ4n) is 4.10. The molecule has 0 spiro atoms. The lowest BCUT2D eigenvalue weighted by Gasteiger charge is -2.26. The summed E-state index contributed by atoms with van der Waals surface area (Å²) >= 11 is 13.0. The largest absolute Gasteiger partial charge is 0.351 e. The van der Waals surface area contributed by atoms with Gasteiger partial charge in [-0.3, -0.25) is 19.3 Å². The first-order chi connectivity index (χ1) is 17.3. The maximum Gasteiger partial charge on any atom is 0.299 e. The summed E-state index contributed by atoms with van der Waals surface area (Å²) in [4.78, 5) is 49.1. The van der Waals surface area contributed by atoms with E-state index in [-0.39, 0.29) is 37.0 Å². The van der Waals surface area contributed by atoms with Gasteiger partial charge in [0.1, 0.15) is 6.54 Å². The van der Waals surface area contributed by atoms with Crippen molar-refractivity contribution in [2.24, 2.45) is 0 Å². The molecule has 2 heterocycles. The third kappa shape index (κ3) is 5.50. The maximum absolute atomic E-state index is 13.7. The van der Waals surface area contributed by atoms with Crippen molar-refractivity contribution in [3.8, 4) is 11.3 Å². The molecule has 1 aliphatic heterocycles. The number of imidazole rings is 1. The molecule has 0 saturated heterocycles. The summed E-state index contributed by atoms with van der Waals surface area (Å²) in [6, 6.07) is 17.9. The number of ketones is 1. The summed E-state index contributed by atoms with van der Waals surface area (Å²) < 4.78 is 1.20. The number of rotatable bonds is 6. The Morgan fingerprint density at radius 1 is 1.05 bits per heavy atom. The zero-order valence-corrected chi connectivity index (χ0v) is 23.7. The van der Waals surface area contributed by atoms with Crippen molar-refractivity contribution in [1.29, 1.82) is 0 Å². The van der Waals surface area contributed by atoms with Crippen molar-refractivity contribution in [3.63, 3.8) is 0 Å². The summed E-state index contributed by atoms with van der Waals surface area (Å²) in [5.74, 6) is -1.75. The van der Waals surface area contributed by atoms with Gasteiger partial charge in [0.2, 0.25) is 5.91 Å². The van der Waals surface area contributed by atoms with Crippen molar-refractivity contribution in [3.05, 3.63) is 98.3 Å². The molecule has 188 valence electrons. The fraction of sp³-hybridized carbons (Fsp3) is 0.0769. The molecule has 0 saturated carbocycles. The number of amides is 2. The van der Waals surface area contributed by atoms with E-state index in [4.69, 9.17) is 11.6 Å². The van der Waals surface area contributed by atoms with Crippen LogP contribution < -0.4 is 9.80 Å². The number of anilines is 2. The van der Waals surface area contributed by atoms with Gasteiger partial charge >= 0.3 is 0 Å². The van der Waals surface area contributed by atoms with Crippen LogP contribution in [-0.4, -0.2) is 34.1 Å². The number of carbonyl (C=O) groups is 3. The van der Waals surface area contributed by atoms with Crippen LogP contribution in [0.3, 0.4) is 0 Å². The number of hydrogen-bond donors (Lipinski definition) is 1. The first-order valence-corrected chi connectivity index (χ1v) is 12.8. The van der Waals surface area contributed by atoms with Gasteiger partial charge in [-0.05, 0) is 57.9 Å². The van der Waals surface area contributed by atoms with Crippen LogP contribution in [0, 0.1) is 0 Å². The highest BCUT2D eigenvalue weighted by atomic mass is 79.9. The molecule has 4 aromatic rings. The molecule has 0 bridgehead atoms. The minimum Gasteiger partial charge on any atom is -0.351 e. The van der Waals surface area contributed by atoms with Gasteiger partial charge in [-0.1, -0.05) is 51.8 Å². The molecule has 37 heavy (non-hydrogen) atoms. The van der Waals surface area contributed by atoms with Crippen LogP contribution in [0.2, 0.25) is 5.02 Å². The molecule has 0 aliphatic carbocycles. The molecule has 0 radical (unpaired) electrons. The van der Waals surface area contributed by atoms with Crippen LogP contribution in [0.1, 0.15) is 15.9 Å². The average Bonchev–Trinajstić information content (AvgIpc) is 3.47. The van der Waals surface area contributed by atoms with Gasteiger partial charge in [-0.2, -0.15) is 0 Å². The number of halogens is 4. The molecule has 2 amide bonds. The van der Waals surface area contributed by atoms with Gasteiger partial charge in [0.25, 0.3) is 11.7 Å². The Balaban J connectivity index is 0.00000320. The molecule has 1 aliphatic rings. The number of aromatic nitrogens is 2. The van der Waals surface area contributed by atoms with Crippen molar-refractivity contribution in [2.75, 3.05) is 16.3 Å². The van der Waals surface area contributed by atoms with E-state index in [0.717, 1.165) is 16.8 Å². The van der Waals surface area contributed by atoms with E-state index < -0.39 is 11.7 Å². The smallest absolute Gasteiger partial charge is 0.299 e. The lowest BCUT2D eigenvalue weighted by atomic mass is 10.1. The molecule has 0 unspecified atom stereocenters. The van der Waals surface area contributed by atoms with Crippen molar-refractivity contribution in [1.82, 2.24) is 9.97 Å². The Morgan fingerprint density at radius 3 is 2.49 bits per heavy atom. The second-order valence-corrected chi connectivity index (χ2v) is 10.3. The molecular weight excluding hydrogens is 647 g/mol. The summed E-state index contributed by atoms with van der Waals surface area (Å²) in [6.07, 6.45) is 3.38. The number of Topliss-reactive ketones (excluding diaryl/α,β-unsaturated/α-hetero) is 1. The number of nitrogens with one attached hydrogen (secondary N) is 1. The first kappa shape index (κ1) is 27.1. The molecule has 0 atom stereocenters. The second kappa shape index (κ2) is 11.2. The van der Waals surface area contributed by atoms with Crippen LogP contribution in [0.15, 0.2) is 82.1 Å². The molecule has 0 fully saturated rings. The zero-order valence-electron chi connectivity index (χ0n) is 19.0. The van der Waals surface area contributed by atoms with Gasteiger partial charge in [0.15, 0.2) is 0 Å². The van der Waals surface area contributed by atoms with E-state index >= 15 is 0 Å². The molecule has 1 aromatic heterocycles. The Kier molecular flexibility index (Phi) is 8.18. The molecule has 3 aromatic carbocycles. The zero-order chi connectivity index (χ0) is 25.4. The summed E-state index contributed by atoms with van der Waals surface area (Å²) in [5.41, 5.74) is 3.76. The Labute approximate surface area is 240 Å². The Hall–Kier alpha value is -2.98. The number of aromatic amines is 1. The number of carbonyl (C=O) groups excluding carboxylic acids is 3. The predicted molar refractivity (Wildman–Crippen MR) is 152 cm³/mol. The number of fused-ring (bicyclic) bond motifs is 1. The third-order valence-corrected chi connectivity index (χ3v) is 7.08. The average molecular weight is 665 g/mol. The van der Waals surface area contributed by atoms with E-state index in [2.05, 4.69) is 41.8 Å². The van der Waals surface area contributed by atoms with Gasteiger partial charge < -0.3 is 9.88 Å². The van der Waals surface area contributed by atoms with Gasteiger partial charge in [-0.25, -0.2) is 4.98 Å². The molecule has 1 N–H and O–H groups in total. The quantitative estimate of drug-likeness (QED) is 0.241. The highest BCUT2D eigenvalue weighted by Gasteiger charge is 2.39. The van der Waals surface area contributed by atoms with E-state index in [0.29, 0.717) is 25.3 Å². The topological polar surface area (TPSA) is 86.4 Å². The predicted octanol–water partition coefficient (Wildman–Crippen LogP) is 6.44. The van der Waals surface area contributed by atoms with Gasteiger partial charge in [0, 0.05) is 31.4 Å². The molecule has 7 nitrogen and oxygen atoms in total. The summed E-state index contributed by atoms with van der Waals surface area (Å²) in [6.45, 7) is -0.0784. The SMILES string of the molecule is Cl.O=C1C(=O)N(CC(=O)N(Cc2cccc(Cl)c2)c2ccc(-c3c[nH]cn3)cc2)c2c(Br)cc(Br)cc21. The standard InChI is InChI=1S/C26H17Br2ClN4O3.ClH/c27-17-9-20-24(21(28)10-17)33(26(36)25(20)35)13-23(34)32(12-15-2-1-3-18(29)8-15)19-6-4-16(5-7-19)22-11-30-14-31-22;/h1-11,14H,12-13H2,(H,30,31);1H. The Morgan fingerprint density at radius 2 is 1.81 bits per heavy atom. The van der Waals surface area contributed by atoms with E-state index in [1.807, 2.05) is 36.4 Å². The minimum absolute atomic E-state index is 0. The molecule has 5 rings (SSSR count). The van der Waals surface area contributed by atoms with Crippen molar-refractivity contribution in [2.45, 2.75) is 6.54 Å². The minimum atomic E-state index is -0.742. The summed E-state index contributed by atoms with van der Waals surface area (Å²) in [5, 5.41) is 0.553. The molecular formula is C26H18Br2Cl2N4O3.